The largest absolute Gasteiger partial charge is 0.569 e. The zero-order chi connectivity index (χ0) is 38.0. The molecule has 5 rings (SSSR count). The summed E-state index contributed by atoms with van der Waals surface area (Å²) < 4.78 is 74.5. The van der Waals surface area contributed by atoms with Gasteiger partial charge in [-0.1, -0.05) is 55.8 Å². The van der Waals surface area contributed by atoms with Gasteiger partial charge in [-0.3, -0.25) is 9.59 Å². The van der Waals surface area contributed by atoms with E-state index in [1.54, 1.807) is 55.0 Å². The van der Waals surface area contributed by atoms with Crippen molar-refractivity contribution in [3.63, 3.8) is 0 Å². The number of alkyl halides is 3. The van der Waals surface area contributed by atoms with Crippen LogP contribution in [0.2, 0.25) is 0 Å². The number of nitrogens with zero attached hydrogens (tertiary/aromatic N) is 6. The average molecular weight is 744 g/mol. The Morgan fingerprint density at radius 2 is 1.62 bits per heavy atom. The molecule has 0 radical (unpaired) electrons. The molecule has 3 amide bonds. The fourth-order valence-electron chi connectivity index (χ4n) is 5.18. The standard InChI is InChI=1S/C33H32F3N7O8S/c1-20(2)28(40(4)43(47)39-51-19-41-30(44)25-7-5-6-8-26(25)31(41)45)18-50-32(46)38-52(48,49)24-15-13-23(14-16-24)42-27(17-29(37-42)33(34,35)36)22-11-9-21(3)10-12-22/h5-17,20,28H,18-19H2,1-4H3,(H,38,46)/b43-39-/t28-/m1/s1. The predicted octanol–water partition coefficient (Wildman–Crippen LogP) is 5.30. The lowest BCUT2D eigenvalue weighted by molar-refractivity contribution is -0.714. The third kappa shape index (κ3) is 7.98. The van der Waals surface area contributed by atoms with Crippen molar-refractivity contribution in [2.24, 2.45) is 11.2 Å². The number of carbonyl (C=O) groups excluding carboxylic acids is 3. The van der Waals surface area contributed by atoms with Crippen LogP contribution in [0.5, 0.6) is 0 Å². The lowest BCUT2D eigenvalue weighted by Crippen LogP contribution is -2.45. The Morgan fingerprint density at radius 1 is 1.02 bits per heavy atom. The van der Waals surface area contributed by atoms with Gasteiger partial charge in [0.2, 0.25) is 12.0 Å². The highest BCUT2D eigenvalue weighted by Crippen LogP contribution is 2.33. The van der Waals surface area contributed by atoms with Gasteiger partial charge < -0.3 is 14.8 Å². The number of rotatable bonds is 12. The molecule has 0 saturated heterocycles. The number of nitrogens with one attached hydrogen (secondary N) is 1. The minimum Gasteiger partial charge on any atom is -0.569 e. The fourth-order valence-corrected chi connectivity index (χ4v) is 6.07. The molecule has 1 N–H and O–H groups in total. The van der Waals surface area contributed by atoms with Crippen molar-refractivity contribution in [1.29, 1.82) is 0 Å². The molecule has 0 unspecified atom stereocenters. The first kappa shape index (κ1) is 37.3. The van der Waals surface area contributed by atoms with Crippen LogP contribution in [0.15, 0.2) is 89.0 Å². The number of hydrazine groups is 1. The number of fused-ring (bicyclic) bond motifs is 1. The molecule has 0 saturated carbocycles. The van der Waals surface area contributed by atoms with Crippen LogP contribution in [0.25, 0.3) is 16.9 Å². The summed E-state index contributed by atoms with van der Waals surface area (Å²) in [6.07, 6.45) is -6.11. The minimum absolute atomic E-state index is 0.0178. The van der Waals surface area contributed by atoms with Gasteiger partial charge in [-0.25, -0.2) is 27.5 Å². The summed E-state index contributed by atoms with van der Waals surface area (Å²) in [5.41, 5.74) is 0.812. The van der Waals surface area contributed by atoms with Crippen LogP contribution in [-0.4, -0.2) is 77.4 Å². The van der Waals surface area contributed by atoms with E-state index in [1.807, 2.05) is 6.92 Å². The van der Waals surface area contributed by atoms with Gasteiger partial charge in [-0.05, 0) is 55.3 Å². The third-order valence-electron chi connectivity index (χ3n) is 8.05. The molecule has 2 heterocycles. The normalized spacial score (nSPS) is 14.0. The first-order valence-electron chi connectivity index (χ1n) is 15.5. The molecule has 1 aliphatic heterocycles. The van der Waals surface area contributed by atoms with Gasteiger partial charge in [0.1, 0.15) is 12.6 Å². The zero-order valence-electron chi connectivity index (χ0n) is 28.1. The van der Waals surface area contributed by atoms with Crippen LogP contribution >= 0.6 is 0 Å². The molecular formula is C33H32F3N7O8S. The fraction of sp³-hybridized carbons (Fsp3) is 0.273. The van der Waals surface area contributed by atoms with Crippen molar-refractivity contribution >= 4 is 27.9 Å². The number of amides is 3. The Kier molecular flexibility index (Phi) is 10.5. The number of sulfonamides is 1. The molecular weight excluding hydrogens is 711 g/mol. The summed E-state index contributed by atoms with van der Waals surface area (Å²) in [6.45, 7) is 4.08. The molecule has 19 heteroatoms. The molecule has 1 atom stereocenters. The molecule has 0 fully saturated rings. The number of hydrogen-bond acceptors (Lipinski definition) is 10. The van der Waals surface area contributed by atoms with E-state index in [-0.39, 0.29) is 33.4 Å². The smallest absolute Gasteiger partial charge is 0.435 e. The van der Waals surface area contributed by atoms with Gasteiger partial charge in [-0.15, -0.1) is 5.01 Å². The van der Waals surface area contributed by atoms with Crippen LogP contribution in [0.4, 0.5) is 18.0 Å². The van der Waals surface area contributed by atoms with E-state index in [4.69, 9.17) is 9.57 Å². The van der Waals surface area contributed by atoms with Crippen molar-refractivity contribution < 1.29 is 50.5 Å². The van der Waals surface area contributed by atoms with Crippen LogP contribution in [-0.2, 0) is 25.8 Å². The predicted molar refractivity (Wildman–Crippen MR) is 176 cm³/mol. The number of hydrogen-bond donors (Lipinski definition) is 1. The molecule has 0 bridgehead atoms. The number of ether oxygens (including phenoxy) is 1. The zero-order valence-corrected chi connectivity index (χ0v) is 28.9. The van der Waals surface area contributed by atoms with E-state index in [9.17, 15) is 41.2 Å². The van der Waals surface area contributed by atoms with E-state index in [1.165, 1.54) is 31.3 Å². The molecule has 0 spiro atoms. The number of halogens is 3. The number of carbonyl (C=O) groups is 3. The monoisotopic (exact) mass is 743 g/mol. The van der Waals surface area contributed by atoms with E-state index in [0.29, 0.717) is 5.56 Å². The van der Waals surface area contributed by atoms with Gasteiger partial charge >= 0.3 is 12.3 Å². The van der Waals surface area contributed by atoms with E-state index in [0.717, 1.165) is 38.4 Å². The molecule has 4 aromatic rings. The Bertz CT molecular complexity index is 2080. The lowest BCUT2D eigenvalue weighted by Gasteiger charge is -2.26. The molecule has 0 aliphatic carbocycles. The molecule has 1 aliphatic rings. The van der Waals surface area contributed by atoms with Gasteiger partial charge in [0.25, 0.3) is 21.8 Å². The van der Waals surface area contributed by atoms with Crippen LogP contribution in [0, 0.1) is 18.0 Å². The second-order valence-electron chi connectivity index (χ2n) is 11.9. The van der Waals surface area contributed by atoms with Gasteiger partial charge in [-0.2, -0.15) is 18.3 Å². The quantitative estimate of drug-likeness (QED) is 0.0867. The van der Waals surface area contributed by atoms with Crippen LogP contribution in [0.1, 0.15) is 45.8 Å². The summed E-state index contributed by atoms with van der Waals surface area (Å²) in [6, 6.07) is 17.6. The highest BCUT2D eigenvalue weighted by molar-refractivity contribution is 7.90. The number of aryl methyl sites for hydroxylation is 1. The number of imide groups is 1. The second-order valence-corrected chi connectivity index (χ2v) is 13.6. The number of likely N-dealkylation sites (N-methyl/N-ethyl adjacent to an activating group) is 1. The van der Waals surface area contributed by atoms with Crippen molar-refractivity contribution in [2.45, 2.75) is 37.9 Å². The van der Waals surface area contributed by atoms with Crippen molar-refractivity contribution in [1.82, 2.24) is 24.4 Å². The topological polar surface area (TPSA) is 179 Å². The van der Waals surface area contributed by atoms with Crippen molar-refractivity contribution in [3.8, 4) is 16.9 Å². The lowest BCUT2D eigenvalue weighted by atomic mass is 10.1. The van der Waals surface area contributed by atoms with E-state index in [2.05, 4.69) is 10.4 Å². The van der Waals surface area contributed by atoms with Gasteiger partial charge in [0.15, 0.2) is 5.69 Å². The Labute approximate surface area is 295 Å². The molecule has 52 heavy (non-hydrogen) atoms. The Hall–Kier alpha value is -5.98. The highest BCUT2D eigenvalue weighted by Gasteiger charge is 2.37. The first-order valence-corrected chi connectivity index (χ1v) is 17.0. The van der Waals surface area contributed by atoms with E-state index >= 15 is 0 Å². The molecule has 1 aromatic heterocycles. The summed E-state index contributed by atoms with van der Waals surface area (Å²) in [5.74, 6) is -1.58. The maximum absolute atomic E-state index is 13.6. The highest BCUT2D eigenvalue weighted by atomic mass is 32.2. The van der Waals surface area contributed by atoms with Gasteiger partial charge in [0.05, 0.1) is 39.4 Å². The van der Waals surface area contributed by atoms with Crippen LogP contribution < -0.4 is 4.72 Å². The van der Waals surface area contributed by atoms with Gasteiger partial charge in [0, 0.05) is 5.56 Å². The Morgan fingerprint density at radius 3 is 2.17 bits per heavy atom. The van der Waals surface area contributed by atoms with Crippen LogP contribution in [0.3, 0.4) is 0 Å². The Balaban J connectivity index is 1.21. The molecule has 15 nitrogen and oxygen atoms in total. The first-order chi connectivity index (χ1) is 24.5. The van der Waals surface area contributed by atoms with E-state index < -0.39 is 64.1 Å². The molecule has 3 aromatic carbocycles. The number of aromatic nitrogens is 2. The summed E-state index contributed by atoms with van der Waals surface area (Å²) in [4.78, 5) is 42.9. The third-order valence-corrected chi connectivity index (χ3v) is 9.38. The maximum Gasteiger partial charge on any atom is 0.435 e. The SMILES string of the molecule is Cc1ccc(-c2cc(C(F)(F)F)nn2-c2ccc(S(=O)(=O)NC(=O)OC[C@H](C(C)C)N(C)/[N+]([O-])=N/OCN3C(=O)c4ccccc4C3=O)cc2)cc1. The minimum atomic E-state index is -4.74. The van der Waals surface area contributed by atoms with Crippen molar-refractivity contribution in [3.05, 3.63) is 106 Å². The maximum atomic E-state index is 13.6. The second kappa shape index (κ2) is 14.7. The number of benzene rings is 3. The summed E-state index contributed by atoms with van der Waals surface area (Å²) in [7, 11) is -3.22. The molecule has 274 valence electrons. The average Bonchev–Trinajstić information content (AvgIpc) is 3.65. The summed E-state index contributed by atoms with van der Waals surface area (Å²) >= 11 is 0. The van der Waals surface area contributed by atoms with Crippen molar-refractivity contribution in [2.75, 3.05) is 20.4 Å². The summed E-state index contributed by atoms with van der Waals surface area (Å²) in [5, 5.41) is 20.7.